The van der Waals surface area contributed by atoms with E-state index in [2.05, 4.69) is 4.98 Å². The lowest BCUT2D eigenvalue weighted by atomic mass is 10.3. The molecule has 0 aliphatic rings. The van der Waals surface area contributed by atoms with E-state index in [-0.39, 0.29) is 5.97 Å². The molecule has 0 aromatic carbocycles. The fourth-order valence-electron chi connectivity index (χ4n) is 1.95. The number of carbonyl (C=O) groups is 1. The molecule has 2 aromatic heterocycles. The summed E-state index contributed by atoms with van der Waals surface area (Å²) >= 11 is 0. The van der Waals surface area contributed by atoms with Gasteiger partial charge in [-0.25, -0.2) is 9.78 Å². The number of aromatic nitrogens is 2. The second-order valence-electron chi connectivity index (χ2n) is 4.27. The molecule has 2 rings (SSSR count). The van der Waals surface area contributed by atoms with E-state index in [1.54, 1.807) is 13.1 Å². The molecule has 0 saturated heterocycles. The lowest BCUT2D eigenvalue weighted by Crippen LogP contribution is -2.11. The molecule has 2 aromatic rings. The molecule has 5 heteroatoms. The molecule has 0 aliphatic carbocycles. The summed E-state index contributed by atoms with van der Waals surface area (Å²) in [5.74, 6) is -0.382. The van der Waals surface area contributed by atoms with Gasteiger partial charge in [0.2, 0.25) is 0 Å². The first-order chi connectivity index (χ1) is 8.54. The summed E-state index contributed by atoms with van der Waals surface area (Å²) in [4.78, 5) is 17.9. The fourth-order valence-corrected chi connectivity index (χ4v) is 1.95. The minimum atomic E-state index is -0.382. The number of carbonyl (C=O) groups excluding carboxylic acids is 1. The highest BCUT2D eigenvalue weighted by Crippen LogP contribution is 2.20. The number of hydrogen-bond acceptors (Lipinski definition) is 4. The van der Waals surface area contributed by atoms with Crippen LogP contribution in [0.4, 0.5) is 5.69 Å². The maximum Gasteiger partial charge on any atom is 0.358 e. The Kier molecular flexibility index (Phi) is 3.23. The highest BCUT2D eigenvalue weighted by molar-refractivity contribution is 5.88. The third-order valence-electron chi connectivity index (χ3n) is 2.82. The largest absolute Gasteiger partial charge is 0.461 e. The van der Waals surface area contributed by atoms with Crippen molar-refractivity contribution in [2.45, 2.75) is 13.8 Å². The zero-order valence-electron chi connectivity index (χ0n) is 11.1. The van der Waals surface area contributed by atoms with Crippen LogP contribution in [0.3, 0.4) is 0 Å². The minimum Gasteiger partial charge on any atom is -0.461 e. The van der Waals surface area contributed by atoms with Crippen LogP contribution in [0.5, 0.6) is 0 Å². The number of fused-ring (bicyclic) bond motifs is 1. The van der Waals surface area contributed by atoms with Crippen LogP contribution < -0.4 is 4.90 Å². The van der Waals surface area contributed by atoms with Crippen LogP contribution in [0.15, 0.2) is 18.3 Å². The van der Waals surface area contributed by atoms with E-state index in [1.165, 1.54) is 0 Å². The van der Waals surface area contributed by atoms with Crippen molar-refractivity contribution < 1.29 is 9.53 Å². The number of rotatable bonds is 3. The van der Waals surface area contributed by atoms with Crippen molar-refractivity contribution in [3.8, 4) is 0 Å². The van der Waals surface area contributed by atoms with Crippen LogP contribution in [0.2, 0.25) is 0 Å². The summed E-state index contributed by atoms with van der Waals surface area (Å²) in [5, 5.41) is 0. The van der Waals surface area contributed by atoms with Gasteiger partial charge in [-0.15, -0.1) is 0 Å². The van der Waals surface area contributed by atoms with E-state index in [9.17, 15) is 4.79 Å². The van der Waals surface area contributed by atoms with Crippen molar-refractivity contribution in [2.75, 3.05) is 25.6 Å². The molecule has 0 unspecified atom stereocenters. The number of esters is 1. The van der Waals surface area contributed by atoms with Gasteiger partial charge in [-0.3, -0.25) is 0 Å². The average Bonchev–Trinajstić information content (AvgIpc) is 2.74. The standard InChI is InChI=1S/C13H17N3O2/c1-5-18-13(17)10-8-16-9(2)11(15(3)4)6-7-12(16)14-10/h6-8H,5H2,1-4H3. The SMILES string of the molecule is CCOC(=O)c1cn2c(C)c(N(C)C)ccc2n1. The maximum atomic E-state index is 11.6. The molecule has 0 N–H and O–H groups in total. The lowest BCUT2D eigenvalue weighted by Gasteiger charge is -2.16. The number of anilines is 1. The van der Waals surface area contributed by atoms with E-state index in [0.29, 0.717) is 12.3 Å². The summed E-state index contributed by atoms with van der Waals surface area (Å²) in [5.41, 5.74) is 3.23. The topological polar surface area (TPSA) is 46.8 Å². The summed E-state index contributed by atoms with van der Waals surface area (Å²) in [6, 6.07) is 3.89. The molecule has 0 radical (unpaired) electrons. The van der Waals surface area contributed by atoms with Gasteiger partial charge in [0.1, 0.15) is 5.65 Å². The van der Waals surface area contributed by atoms with Gasteiger partial charge in [-0.05, 0) is 26.0 Å². The number of aryl methyl sites for hydroxylation is 1. The van der Waals surface area contributed by atoms with Gasteiger partial charge in [0.25, 0.3) is 0 Å². The predicted octanol–water partition coefficient (Wildman–Crippen LogP) is 1.89. The quantitative estimate of drug-likeness (QED) is 0.777. The molecule has 5 nitrogen and oxygen atoms in total. The van der Waals surface area contributed by atoms with Gasteiger partial charge in [0, 0.05) is 26.0 Å². The summed E-state index contributed by atoms with van der Waals surface area (Å²) < 4.78 is 6.85. The van der Waals surface area contributed by atoms with E-state index >= 15 is 0 Å². The normalized spacial score (nSPS) is 10.7. The summed E-state index contributed by atoms with van der Waals surface area (Å²) in [6.07, 6.45) is 1.72. The third-order valence-corrected chi connectivity index (χ3v) is 2.82. The Balaban J connectivity index is 2.52. The van der Waals surface area contributed by atoms with Gasteiger partial charge >= 0.3 is 5.97 Å². The number of nitrogens with zero attached hydrogens (tertiary/aromatic N) is 3. The van der Waals surface area contributed by atoms with Gasteiger partial charge in [0.05, 0.1) is 12.3 Å². The molecular formula is C13H17N3O2. The second kappa shape index (κ2) is 4.68. The molecule has 0 spiro atoms. The van der Waals surface area contributed by atoms with Crippen LogP contribution in [0, 0.1) is 6.92 Å². The molecule has 2 heterocycles. The Morgan fingerprint density at radius 1 is 1.44 bits per heavy atom. The molecule has 18 heavy (non-hydrogen) atoms. The van der Waals surface area contributed by atoms with Crippen LogP contribution in [0.1, 0.15) is 23.1 Å². The van der Waals surface area contributed by atoms with Gasteiger partial charge < -0.3 is 14.0 Å². The molecule has 0 fully saturated rings. The Hall–Kier alpha value is -2.04. The molecule has 0 bridgehead atoms. The van der Waals surface area contributed by atoms with E-state index in [4.69, 9.17) is 4.74 Å². The molecule has 0 amide bonds. The van der Waals surface area contributed by atoms with Crippen LogP contribution in [-0.4, -0.2) is 36.1 Å². The third kappa shape index (κ3) is 2.03. The van der Waals surface area contributed by atoms with Crippen LogP contribution in [0.25, 0.3) is 5.65 Å². The van der Waals surface area contributed by atoms with E-state index in [0.717, 1.165) is 17.0 Å². The van der Waals surface area contributed by atoms with Crippen molar-refractivity contribution in [1.29, 1.82) is 0 Å². The number of hydrogen-bond donors (Lipinski definition) is 0. The molecule has 0 saturated carbocycles. The Morgan fingerprint density at radius 3 is 2.78 bits per heavy atom. The summed E-state index contributed by atoms with van der Waals surface area (Å²) in [7, 11) is 3.97. The van der Waals surface area contributed by atoms with Crippen molar-refractivity contribution in [1.82, 2.24) is 9.38 Å². The van der Waals surface area contributed by atoms with Crippen LogP contribution in [-0.2, 0) is 4.74 Å². The maximum absolute atomic E-state index is 11.6. The van der Waals surface area contributed by atoms with Gasteiger partial charge in [0.15, 0.2) is 5.69 Å². The van der Waals surface area contributed by atoms with E-state index in [1.807, 2.05) is 42.5 Å². The minimum absolute atomic E-state index is 0.343. The Labute approximate surface area is 106 Å². The summed E-state index contributed by atoms with van der Waals surface area (Å²) in [6.45, 7) is 4.14. The average molecular weight is 247 g/mol. The number of pyridine rings is 1. The van der Waals surface area contributed by atoms with Crippen molar-refractivity contribution in [3.63, 3.8) is 0 Å². The zero-order chi connectivity index (χ0) is 13.3. The Bertz CT molecular complexity index is 587. The predicted molar refractivity (Wildman–Crippen MR) is 70.2 cm³/mol. The van der Waals surface area contributed by atoms with Gasteiger partial charge in [-0.2, -0.15) is 0 Å². The van der Waals surface area contributed by atoms with Crippen LogP contribution >= 0.6 is 0 Å². The Morgan fingerprint density at radius 2 is 2.17 bits per heavy atom. The first kappa shape index (κ1) is 12.4. The lowest BCUT2D eigenvalue weighted by molar-refractivity contribution is 0.0520. The fraction of sp³-hybridized carbons (Fsp3) is 0.385. The van der Waals surface area contributed by atoms with Crippen molar-refractivity contribution in [2.24, 2.45) is 0 Å². The number of ether oxygens (including phenoxy) is 1. The molecule has 0 atom stereocenters. The first-order valence-electron chi connectivity index (χ1n) is 5.87. The van der Waals surface area contributed by atoms with Crippen molar-refractivity contribution in [3.05, 3.63) is 29.7 Å². The zero-order valence-corrected chi connectivity index (χ0v) is 11.1. The molecule has 0 aliphatic heterocycles. The van der Waals surface area contributed by atoms with E-state index < -0.39 is 0 Å². The smallest absolute Gasteiger partial charge is 0.358 e. The second-order valence-corrected chi connectivity index (χ2v) is 4.27. The van der Waals surface area contributed by atoms with Gasteiger partial charge in [-0.1, -0.05) is 0 Å². The highest BCUT2D eigenvalue weighted by atomic mass is 16.5. The molecule has 96 valence electrons. The first-order valence-corrected chi connectivity index (χ1v) is 5.87. The monoisotopic (exact) mass is 247 g/mol. The molecular weight excluding hydrogens is 230 g/mol. The highest BCUT2D eigenvalue weighted by Gasteiger charge is 2.14. The number of imidazole rings is 1. The van der Waals surface area contributed by atoms with Crippen molar-refractivity contribution >= 4 is 17.3 Å².